The molecule has 1 fully saturated rings. The summed E-state index contributed by atoms with van der Waals surface area (Å²) < 4.78 is 5.20. The lowest BCUT2D eigenvalue weighted by molar-refractivity contribution is 0.0754. The van der Waals surface area contributed by atoms with Gasteiger partial charge in [0.05, 0.1) is 19.0 Å². The molecule has 0 radical (unpaired) electrons. The van der Waals surface area contributed by atoms with Gasteiger partial charge in [0.15, 0.2) is 0 Å². The molecule has 6 nitrogen and oxygen atoms in total. The number of amides is 1. The van der Waals surface area contributed by atoms with Crippen LogP contribution in [0.3, 0.4) is 0 Å². The number of rotatable bonds is 4. The molecule has 0 atom stereocenters. The Kier molecular flexibility index (Phi) is 5.60. The largest absolute Gasteiger partial charge is 0.497 e. The van der Waals surface area contributed by atoms with Crippen molar-refractivity contribution in [1.29, 1.82) is 0 Å². The zero-order valence-corrected chi connectivity index (χ0v) is 14.8. The monoisotopic (exact) mass is 340 g/mol. The van der Waals surface area contributed by atoms with Crippen molar-refractivity contribution in [3.8, 4) is 5.75 Å². The van der Waals surface area contributed by atoms with Gasteiger partial charge in [-0.2, -0.15) is 0 Å². The highest BCUT2D eigenvalue weighted by Gasteiger charge is 2.21. The summed E-state index contributed by atoms with van der Waals surface area (Å²) in [6.07, 6.45) is 4.17. The third-order valence-corrected chi connectivity index (χ3v) is 4.44. The zero-order valence-electron chi connectivity index (χ0n) is 14.8. The molecule has 2 heterocycles. The molecular weight excluding hydrogens is 316 g/mol. The smallest absolute Gasteiger partial charge is 0.274 e. The molecule has 0 N–H and O–H groups in total. The first-order chi connectivity index (χ1) is 12.2. The molecule has 1 saturated heterocycles. The summed E-state index contributed by atoms with van der Waals surface area (Å²) in [5.74, 6) is 0.842. The number of aryl methyl sites for hydroxylation is 1. The first-order valence-corrected chi connectivity index (χ1v) is 8.59. The van der Waals surface area contributed by atoms with Gasteiger partial charge in [-0.3, -0.25) is 14.7 Å². The number of hydrogen-bond donors (Lipinski definition) is 0. The molecule has 1 amide bonds. The lowest BCUT2D eigenvalue weighted by Gasteiger charge is -2.22. The number of ether oxygens (including phenoxy) is 1. The maximum absolute atomic E-state index is 12.6. The van der Waals surface area contributed by atoms with Crippen LogP contribution in [0.15, 0.2) is 36.7 Å². The van der Waals surface area contributed by atoms with Crippen LogP contribution < -0.4 is 4.74 Å². The van der Waals surface area contributed by atoms with E-state index in [0.29, 0.717) is 12.2 Å². The van der Waals surface area contributed by atoms with Crippen LogP contribution in [0.4, 0.5) is 0 Å². The summed E-state index contributed by atoms with van der Waals surface area (Å²) in [6, 6.07) is 8.15. The minimum Gasteiger partial charge on any atom is -0.497 e. The van der Waals surface area contributed by atoms with E-state index in [1.165, 1.54) is 5.56 Å². The average Bonchev–Trinajstić information content (AvgIpc) is 2.88. The second kappa shape index (κ2) is 8.07. The average molecular weight is 340 g/mol. The van der Waals surface area contributed by atoms with E-state index >= 15 is 0 Å². The molecule has 0 saturated carbocycles. The normalized spacial score (nSPS) is 15.7. The van der Waals surface area contributed by atoms with Gasteiger partial charge in [0.25, 0.3) is 5.91 Å². The lowest BCUT2D eigenvalue weighted by Crippen LogP contribution is -2.35. The molecule has 0 aliphatic carbocycles. The van der Waals surface area contributed by atoms with E-state index in [0.717, 1.165) is 44.0 Å². The Balaban J connectivity index is 1.57. The van der Waals surface area contributed by atoms with E-state index in [1.54, 1.807) is 19.5 Å². The van der Waals surface area contributed by atoms with Gasteiger partial charge in [0.1, 0.15) is 11.4 Å². The fourth-order valence-corrected chi connectivity index (χ4v) is 2.99. The predicted molar refractivity (Wildman–Crippen MR) is 95.6 cm³/mol. The molecule has 25 heavy (non-hydrogen) atoms. The van der Waals surface area contributed by atoms with Crippen molar-refractivity contribution >= 4 is 5.91 Å². The summed E-state index contributed by atoms with van der Waals surface area (Å²) in [7, 11) is 1.67. The Morgan fingerprint density at radius 2 is 1.88 bits per heavy atom. The van der Waals surface area contributed by atoms with Crippen molar-refractivity contribution in [1.82, 2.24) is 19.8 Å². The van der Waals surface area contributed by atoms with Gasteiger partial charge >= 0.3 is 0 Å². The number of carbonyl (C=O) groups excluding carboxylic acids is 1. The molecule has 6 heteroatoms. The summed E-state index contributed by atoms with van der Waals surface area (Å²) >= 11 is 0. The Morgan fingerprint density at radius 3 is 2.56 bits per heavy atom. The minimum absolute atomic E-state index is 0.0289. The molecule has 0 spiro atoms. The lowest BCUT2D eigenvalue weighted by atomic mass is 10.2. The zero-order chi connectivity index (χ0) is 17.6. The summed E-state index contributed by atoms with van der Waals surface area (Å²) in [5.41, 5.74) is 2.50. The highest BCUT2D eigenvalue weighted by atomic mass is 16.5. The molecule has 3 rings (SSSR count). The Labute approximate surface area is 148 Å². The SMILES string of the molecule is COc1ccc(CN2CCCN(C(=O)c3cnc(C)cn3)CC2)cc1. The Hall–Kier alpha value is -2.47. The Morgan fingerprint density at radius 1 is 1.08 bits per heavy atom. The predicted octanol–water partition coefficient (Wildman–Crippen LogP) is 2.14. The van der Waals surface area contributed by atoms with E-state index in [9.17, 15) is 4.79 Å². The van der Waals surface area contributed by atoms with Gasteiger partial charge < -0.3 is 9.64 Å². The van der Waals surface area contributed by atoms with E-state index in [2.05, 4.69) is 27.0 Å². The van der Waals surface area contributed by atoms with Crippen LogP contribution in [-0.4, -0.2) is 59.0 Å². The second-order valence-corrected chi connectivity index (χ2v) is 6.31. The van der Waals surface area contributed by atoms with Crippen LogP contribution in [0.2, 0.25) is 0 Å². The topological polar surface area (TPSA) is 58.6 Å². The van der Waals surface area contributed by atoms with Gasteiger partial charge in [0, 0.05) is 38.9 Å². The molecule has 0 bridgehead atoms. The van der Waals surface area contributed by atoms with E-state index < -0.39 is 0 Å². The van der Waals surface area contributed by atoms with Crippen molar-refractivity contribution in [3.63, 3.8) is 0 Å². The third-order valence-electron chi connectivity index (χ3n) is 4.44. The van der Waals surface area contributed by atoms with Crippen LogP contribution in [0, 0.1) is 6.92 Å². The molecule has 1 aliphatic heterocycles. The summed E-state index contributed by atoms with van der Waals surface area (Å²) in [4.78, 5) is 25.2. The maximum atomic E-state index is 12.6. The number of nitrogens with zero attached hydrogens (tertiary/aromatic N) is 4. The van der Waals surface area contributed by atoms with Crippen molar-refractivity contribution < 1.29 is 9.53 Å². The number of carbonyl (C=O) groups is 1. The highest BCUT2D eigenvalue weighted by molar-refractivity contribution is 5.92. The van der Waals surface area contributed by atoms with Crippen LogP contribution in [0.5, 0.6) is 5.75 Å². The molecule has 132 valence electrons. The number of hydrogen-bond acceptors (Lipinski definition) is 5. The van der Waals surface area contributed by atoms with Crippen LogP contribution in [0.25, 0.3) is 0 Å². The molecular formula is C19H24N4O2. The van der Waals surface area contributed by atoms with Crippen LogP contribution in [0.1, 0.15) is 28.2 Å². The van der Waals surface area contributed by atoms with Crippen molar-refractivity contribution in [3.05, 3.63) is 53.6 Å². The van der Waals surface area contributed by atoms with Gasteiger partial charge in [-0.15, -0.1) is 0 Å². The van der Waals surface area contributed by atoms with Gasteiger partial charge in [-0.05, 0) is 31.0 Å². The summed E-state index contributed by atoms with van der Waals surface area (Å²) in [5, 5.41) is 0. The third kappa shape index (κ3) is 4.54. The quantitative estimate of drug-likeness (QED) is 0.853. The van der Waals surface area contributed by atoms with Crippen molar-refractivity contribution in [2.24, 2.45) is 0 Å². The van der Waals surface area contributed by atoms with Crippen molar-refractivity contribution in [2.45, 2.75) is 19.9 Å². The molecule has 0 unspecified atom stereocenters. The van der Waals surface area contributed by atoms with E-state index in [-0.39, 0.29) is 5.91 Å². The van der Waals surface area contributed by atoms with Gasteiger partial charge in [-0.1, -0.05) is 12.1 Å². The second-order valence-electron chi connectivity index (χ2n) is 6.31. The molecule has 2 aromatic rings. The first-order valence-electron chi connectivity index (χ1n) is 8.59. The maximum Gasteiger partial charge on any atom is 0.274 e. The first kappa shape index (κ1) is 17.4. The number of benzene rings is 1. The van der Waals surface area contributed by atoms with Crippen molar-refractivity contribution in [2.75, 3.05) is 33.3 Å². The van der Waals surface area contributed by atoms with Crippen LogP contribution in [-0.2, 0) is 6.54 Å². The van der Waals surface area contributed by atoms with E-state index in [1.807, 2.05) is 24.0 Å². The van der Waals surface area contributed by atoms with Gasteiger partial charge in [0.2, 0.25) is 0 Å². The minimum atomic E-state index is -0.0289. The summed E-state index contributed by atoms with van der Waals surface area (Å²) in [6.45, 7) is 6.06. The fraction of sp³-hybridized carbons (Fsp3) is 0.421. The van der Waals surface area contributed by atoms with Crippen LogP contribution >= 0.6 is 0 Å². The Bertz CT molecular complexity index is 700. The molecule has 1 aliphatic rings. The standard InChI is InChI=1S/C19H24N4O2/c1-15-12-21-18(13-20-15)19(24)23-9-3-8-22(10-11-23)14-16-4-6-17(25-2)7-5-16/h4-7,12-13H,3,8-11,14H2,1-2H3. The molecule has 1 aromatic heterocycles. The fourth-order valence-electron chi connectivity index (χ4n) is 2.99. The highest BCUT2D eigenvalue weighted by Crippen LogP contribution is 2.15. The van der Waals surface area contributed by atoms with E-state index in [4.69, 9.17) is 4.74 Å². The number of aromatic nitrogens is 2. The van der Waals surface area contributed by atoms with Gasteiger partial charge in [-0.25, -0.2) is 4.98 Å². The number of methoxy groups -OCH3 is 1. The molecule has 1 aromatic carbocycles.